The number of hydrogen-bond donors (Lipinski definition) is 2. The summed E-state index contributed by atoms with van der Waals surface area (Å²) in [5.74, 6) is -2.81. The number of carbonyl (C=O) groups is 3. The molecule has 0 radical (unpaired) electrons. The molecule has 1 rings (SSSR count). The highest BCUT2D eigenvalue weighted by molar-refractivity contribution is 5.98. The Hall–Kier alpha value is -2.44. The molecule has 2 amide bonds. The summed E-state index contributed by atoms with van der Waals surface area (Å²) in [5.41, 5.74) is -0.141. The highest BCUT2D eigenvalue weighted by Gasteiger charge is 2.32. The van der Waals surface area contributed by atoms with Crippen LogP contribution in [-0.2, 0) is 14.3 Å². The minimum absolute atomic E-state index is 0.138. The first-order valence-corrected chi connectivity index (χ1v) is 8.66. The fourth-order valence-corrected chi connectivity index (χ4v) is 2.44. The van der Waals surface area contributed by atoms with Crippen molar-refractivity contribution >= 4 is 17.8 Å². The summed E-state index contributed by atoms with van der Waals surface area (Å²) in [5, 5.41) is 5.20. The van der Waals surface area contributed by atoms with Crippen LogP contribution in [0.15, 0.2) is 24.3 Å². The number of hydrogen-bond acceptors (Lipinski definition) is 4. The lowest BCUT2D eigenvalue weighted by atomic mass is 9.97. The molecule has 0 saturated heterocycles. The molecule has 0 spiro atoms. The molecule has 3 atom stereocenters. The first-order chi connectivity index (χ1) is 12.2. The monoisotopic (exact) mass is 366 g/mol. The van der Waals surface area contributed by atoms with E-state index in [-0.39, 0.29) is 17.4 Å². The molecule has 7 heteroatoms. The van der Waals surface area contributed by atoms with E-state index in [9.17, 15) is 18.8 Å². The van der Waals surface area contributed by atoms with E-state index in [4.69, 9.17) is 4.74 Å². The van der Waals surface area contributed by atoms with Gasteiger partial charge in [-0.25, -0.2) is 9.18 Å². The van der Waals surface area contributed by atoms with Gasteiger partial charge in [0.05, 0.1) is 12.7 Å². The van der Waals surface area contributed by atoms with Gasteiger partial charge in [0.1, 0.15) is 17.9 Å². The van der Waals surface area contributed by atoms with Gasteiger partial charge in [-0.05, 0) is 24.0 Å². The van der Waals surface area contributed by atoms with Crippen molar-refractivity contribution in [2.45, 2.75) is 46.2 Å². The van der Waals surface area contributed by atoms with E-state index in [0.717, 1.165) is 0 Å². The largest absolute Gasteiger partial charge is 0.467 e. The molecule has 0 heterocycles. The lowest BCUT2D eigenvalue weighted by Gasteiger charge is -2.27. The Kier molecular flexibility index (Phi) is 8.22. The first-order valence-electron chi connectivity index (χ1n) is 8.66. The van der Waals surface area contributed by atoms with Crippen molar-refractivity contribution in [2.24, 2.45) is 11.8 Å². The molecule has 0 unspecified atom stereocenters. The second kappa shape index (κ2) is 9.89. The van der Waals surface area contributed by atoms with Crippen LogP contribution < -0.4 is 10.6 Å². The third-order valence-corrected chi connectivity index (χ3v) is 4.32. The van der Waals surface area contributed by atoms with Crippen molar-refractivity contribution in [3.63, 3.8) is 0 Å². The predicted molar refractivity (Wildman–Crippen MR) is 95.9 cm³/mol. The van der Waals surface area contributed by atoms with E-state index >= 15 is 0 Å². The van der Waals surface area contributed by atoms with Crippen molar-refractivity contribution in [3.05, 3.63) is 35.6 Å². The fraction of sp³-hybridized carbons (Fsp3) is 0.526. The SMILES string of the molecule is CC[C@@H](C)[C@@H](NC(=O)[C@@H](NC(=O)c1ccccc1F)C(C)C)C(=O)OC. The van der Waals surface area contributed by atoms with Crippen LogP contribution in [-0.4, -0.2) is 37.0 Å². The van der Waals surface area contributed by atoms with E-state index < -0.39 is 35.7 Å². The molecule has 1 aromatic rings. The number of carbonyl (C=O) groups excluding carboxylic acids is 3. The Bertz CT molecular complexity index is 648. The van der Waals surface area contributed by atoms with Crippen LogP contribution in [0.4, 0.5) is 4.39 Å². The van der Waals surface area contributed by atoms with Gasteiger partial charge in [-0.15, -0.1) is 0 Å². The number of ether oxygens (including phenoxy) is 1. The maximum atomic E-state index is 13.8. The molecule has 0 fully saturated rings. The zero-order chi connectivity index (χ0) is 19.9. The second-order valence-corrected chi connectivity index (χ2v) is 6.57. The van der Waals surface area contributed by atoms with Crippen LogP contribution in [0, 0.1) is 17.7 Å². The second-order valence-electron chi connectivity index (χ2n) is 6.57. The number of halogens is 1. The van der Waals surface area contributed by atoms with Crippen molar-refractivity contribution in [1.82, 2.24) is 10.6 Å². The Morgan fingerprint density at radius 1 is 1.08 bits per heavy atom. The van der Waals surface area contributed by atoms with Gasteiger partial charge in [0.2, 0.25) is 5.91 Å². The molecule has 0 aliphatic rings. The zero-order valence-corrected chi connectivity index (χ0v) is 15.8. The van der Waals surface area contributed by atoms with E-state index in [0.29, 0.717) is 6.42 Å². The lowest BCUT2D eigenvalue weighted by Crippen LogP contribution is -2.55. The molecule has 0 aliphatic heterocycles. The average Bonchev–Trinajstić information content (AvgIpc) is 2.62. The molecular formula is C19H27FN2O4. The standard InChI is InChI=1S/C19H27FN2O4/c1-6-12(4)16(19(25)26-5)22-18(24)15(11(2)3)21-17(23)13-9-7-8-10-14(13)20/h7-12,15-16H,6H2,1-5H3,(H,21,23)(H,22,24)/t12-,15+,16-/m1/s1. The summed E-state index contributed by atoms with van der Waals surface area (Å²) < 4.78 is 18.5. The molecule has 0 bridgehead atoms. The van der Waals surface area contributed by atoms with Crippen LogP contribution >= 0.6 is 0 Å². The summed E-state index contributed by atoms with van der Waals surface area (Å²) in [4.78, 5) is 36.9. The Balaban J connectivity index is 2.94. The predicted octanol–water partition coefficient (Wildman–Crippen LogP) is 2.28. The maximum absolute atomic E-state index is 13.8. The average molecular weight is 366 g/mol. The Morgan fingerprint density at radius 2 is 1.69 bits per heavy atom. The van der Waals surface area contributed by atoms with Crippen LogP contribution in [0.5, 0.6) is 0 Å². The molecule has 144 valence electrons. The van der Waals surface area contributed by atoms with Gasteiger partial charge in [0.15, 0.2) is 0 Å². The first kappa shape index (κ1) is 21.6. The molecule has 0 aromatic heterocycles. The minimum Gasteiger partial charge on any atom is -0.467 e. The highest BCUT2D eigenvalue weighted by Crippen LogP contribution is 2.12. The maximum Gasteiger partial charge on any atom is 0.328 e. The van der Waals surface area contributed by atoms with Crippen molar-refractivity contribution in [3.8, 4) is 0 Å². The molecule has 26 heavy (non-hydrogen) atoms. The van der Waals surface area contributed by atoms with Gasteiger partial charge in [0.25, 0.3) is 5.91 Å². The lowest BCUT2D eigenvalue weighted by molar-refractivity contribution is -0.147. The summed E-state index contributed by atoms with van der Waals surface area (Å²) >= 11 is 0. The van der Waals surface area contributed by atoms with E-state index in [1.807, 2.05) is 13.8 Å². The summed E-state index contributed by atoms with van der Waals surface area (Å²) in [6.45, 7) is 7.22. The van der Waals surface area contributed by atoms with Crippen LogP contribution in [0.2, 0.25) is 0 Å². The molecule has 1 aromatic carbocycles. The Labute approximate surface area is 153 Å². The number of amides is 2. The number of benzene rings is 1. The molecule has 0 aliphatic carbocycles. The van der Waals surface area contributed by atoms with Crippen LogP contribution in [0.25, 0.3) is 0 Å². The summed E-state index contributed by atoms with van der Waals surface area (Å²) in [7, 11) is 1.25. The number of rotatable bonds is 8. The number of esters is 1. The van der Waals surface area contributed by atoms with Crippen molar-refractivity contribution < 1.29 is 23.5 Å². The molecule has 2 N–H and O–H groups in total. The molecule has 6 nitrogen and oxygen atoms in total. The van der Waals surface area contributed by atoms with E-state index in [1.165, 1.54) is 25.3 Å². The quantitative estimate of drug-likeness (QED) is 0.692. The minimum atomic E-state index is -0.918. The Morgan fingerprint density at radius 3 is 2.19 bits per heavy atom. The van der Waals surface area contributed by atoms with Gasteiger partial charge < -0.3 is 15.4 Å². The molecule has 0 saturated carbocycles. The fourth-order valence-electron chi connectivity index (χ4n) is 2.44. The van der Waals surface area contributed by atoms with Crippen molar-refractivity contribution in [1.29, 1.82) is 0 Å². The van der Waals surface area contributed by atoms with Gasteiger partial charge in [-0.1, -0.05) is 46.2 Å². The number of nitrogens with one attached hydrogen (secondary N) is 2. The summed E-state index contributed by atoms with van der Waals surface area (Å²) in [6, 6.07) is 3.80. The zero-order valence-electron chi connectivity index (χ0n) is 15.8. The van der Waals surface area contributed by atoms with Gasteiger partial charge in [-0.3, -0.25) is 9.59 Å². The third-order valence-electron chi connectivity index (χ3n) is 4.32. The van der Waals surface area contributed by atoms with Crippen LogP contribution in [0.3, 0.4) is 0 Å². The third kappa shape index (κ3) is 5.54. The topological polar surface area (TPSA) is 84.5 Å². The van der Waals surface area contributed by atoms with Crippen LogP contribution in [0.1, 0.15) is 44.5 Å². The van der Waals surface area contributed by atoms with Crippen molar-refractivity contribution in [2.75, 3.05) is 7.11 Å². The smallest absolute Gasteiger partial charge is 0.328 e. The van der Waals surface area contributed by atoms with Gasteiger partial charge >= 0.3 is 5.97 Å². The normalized spacial score (nSPS) is 14.3. The van der Waals surface area contributed by atoms with E-state index in [1.54, 1.807) is 19.9 Å². The number of methoxy groups -OCH3 is 1. The summed E-state index contributed by atoms with van der Waals surface area (Å²) in [6.07, 6.45) is 0.661. The molecular weight excluding hydrogens is 339 g/mol. The van der Waals surface area contributed by atoms with E-state index in [2.05, 4.69) is 10.6 Å². The van der Waals surface area contributed by atoms with Gasteiger partial charge in [0, 0.05) is 0 Å². The highest BCUT2D eigenvalue weighted by atomic mass is 19.1. The van der Waals surface area contributed by atoms with Gasteiger partial charge in [-0.2, -0.15) is 0 Å².